The van der Waals surface area contributed by atoms with Crippen molar-refractivity contribution in [3.63, 3.8) is 0 Å². The van der Waals surface area contributed by atoms with Gasteiger partial charge in [-0.15, -0.1) is 0 Å². The number of likely N-dealkylation sites (N-methyl/N-ethyl adjacent to an activating group) is 1. The first-order chi connectivity index (χ1) is 13.7. The number of aromatic nitrogens is 1. The van der Waals surface area contributed by atoms with Crippen molar-refractivity contribution in [3.05, 3.63) is 78.6 Å². The topological polar surface area (TPSA) is 43.7 Å². The molecule has 1 atom stereocenters. The second kappa shape index (κ2) is 8.21. The fourth-order valence-corrected chi connectivity index (χ4v) is 3.39. The zero-order valence-corrected chi connectivity index (χ0v) is 16.0. The largest absolute Gasteiger partial charge is 0.486 e. The summed E-state index contributed by atoms with van der Waals surface area (Å²) < 4.78 is 13.8. The molecule has 28 heavy (non-hydrogen) atoms. The Kier molecular flexibility index (Phi) is 5.33. The van der Waals surface area contributed by atoms with Crippen molar-refractivity contribution >= 4 is 5.91 Å². The van der Waals surface area contributed by atoms with Crippen LogP contribution in [0.4, 0.5) is 0 Å². The van der Waals surface area contributed by atoms with Crippen LogP contribution in [0, 0.1) is 0 Å². The Labute approximate surface area is 165 Å². The number of fused-ring (bicyclic) bond motifs is 1. The maximum absolute atomic E-state index is 12.8. The molecular formula is C23H24N2O3. The van der Waals surface area contributed by atoms with Gasteiger partial charge in [0.15, 0.2) is 17.6 Å². The van der Waals surface area contributed by atoms with E-state index in [1.165, 1.54) is 0 Å². The smallest absolute Gasteiger partial charge is 0.227 e. The maximum Gasteiger partial charge on any atom is 0.227 e. The lowest BCUT2D eigenvalue weighted by atomic mass is 10.1. The van der Waals surface area contributed by atoms with Gasteiger partial charge in [-0.05, 0) is 48.9 Å². The molecule has 5 heteroatoms. The van der Waals surface area contributed by atoms with E-state index in [1.807, 2.05) is 89.4 Å². The second-order valence-corrected chi connectivity index (χ2v) is 6.86. The number of hydrogen-bond donors (Lipinski definition) is 0. The van der Waals surface area contributed by atoms with E-state index in [0.29, 0.717) is 26.1 Å². The minimum Gasteiger partial charge on any atom is -0.486 e. The molecule has 1 unspecified atom stereocenters. The first-order valence-electron chi connectivity index (χ1n) is 9.61. The van der Waals surface area contributed by atoms with Crippen molar-refractivity contribution in [2.24, 2.45) is 0 Å². The zero-order valence-electron chi connectivity index (χ0n) is 16.0. The average molecular weight is 376 g/mol. The fraction of sp³-hybridized carbons (Fsp3) is 0.261. The van der Waals surface area contributed by atoms with Gasteiger partial charge < -0.3 is 18.9 Å². The Balaban J connectivity index is 1.36. The third-order valence-corrected chi connectivity index (χ3v) is 4.92. The molecule has 0 bridgehead atoms. The summed E-state index contributed by atoms with van der Waals surface area (Å²) >= 11 is 0. The number of amides is 1. The minimum absolute atomic E-state index is 0.0960. The normalized spacial score (nSPS) is 15.2. The first-order valence-corrected chi connectivity index (χ1v) is 9.61. The van der Waals surface area contributed by atoms with E-state index in [9.17, 15) is 4.79 Å². The Morgan fingerprint density at radius 2 is 1.75 bits per heavy atom. The molecule has 1 aromatic heterocycles. The molecular weight excluding hydrogens is 352 g/mol. The zero-order chi connectivity index (χ0) is 19.3. The maximum atomic E-state index is 12.8. The molecule has 0 N–H and O–H groups in total. The molecule has 3 aromatic rings. The van der Waals surface area contributed by atoms with E-state index < -0.39 is 0 Å². The van der Waals surface area contributed by atoms with Gasteiger partial charge in [-0.2, -0.15) is 0 Å². The lowest BCUT2D eigenvalue weighted by Gasteiger charge is -2.31. The third-order valence-electron chi connectivity index (χ3n) is 4.92. The number of benzene rings is 2. The lowest BCUT2D eigenvalue weighted by molar-refractivity contribution is -0.131. The van der Waals surface area contributed by atoms with E-state index in [2.05, 4.69) is 0 Å². The number of carbonyl (C=O) groups excluding carboxylic acids is 1. The third kappa shape index (κ3) is 4.03. The highest BCUT2D eigenvalue weighted by Crippen LogP contribution is 2.31. The van der Waals surface area contributed by atoms with Gasteiger partial charge >= 0.3 is 0 Å². The van der Waals surface area contributed by atoms with Gasteiger partial charge in [-0.25, -0.2) is 0 Å². The molecule has 1 aliphatic heterocycles. The predicted molar refractivity (Wildman–Crippen MR) is 108 cm³/mol. The summed E-state index contributed by atoms with van der Waals surface area (Å²) in [6.07, 6.45) is 4.23. The SMILES string of the molecule is CCN(CC1COc2ccccc2O1)C(=O)Cc1ccc(-n2cccc2)cc1. The molecule has 144 valence electrons. The van der Waals surface area contributed by atoms with E-state index >= 15 is 0 Å². The molecule has 1 amide bonds. The summed E-state index contributed by atoms with van der Waals surface area (Å²) in [7, 11) is 0. The van der Waals surface area contributed by atoms with Crippen molar-refractivity contribution in [1.82, 2.24) is 9.47 Å². The van der Waals surface area contributed by atoms with Crippen LogP contribution in [-0.4, -0.2) is 41.2 Å². The Morgan fingerprint density at radius 1 is 1.04 bits per heavy atom. The van der Waals surface area contributed by atoms with Gasteiger partial charge in [0.1, 0.15) is 6.61 Å². The lowest BCUT2D eigenvalue weighted by Crippen LogP contribution is -2.44. The van der Waals surface area contributed by atoms with Crippen LogP contribution in [0.3, 0.4) is 0 Å². The van der Waals surface area contributed by atoms with Crippen LogP contribution in [0.5, 0.6) is 11.5 Å². The molecule has 0 aliphatic carbocycles. The Morgan fingerprint density at radius 3 is 2.46 bits per heavy atom. The summed E-state index contributed by atoms with van der Waals surface area (Å²) in [6, 6.07) is 19.7. The van der Waals surface area contributed by atoms with Crippen molar-refractivity contribution in [2.75, 3.05) is 19.7 Å². The highest BCUT2D eigenvalue weighted by molar-refractivity contribution is 5.78. The van der Waals surface area contributed by atoms with E-state index in [0.717, 1.165) is 22.7 Å². The van der Waals surface area contributed by atoms with Crippen LogP contribution >= 0.6 is 0 Å². The predicted octanol–water partition coefficient (Wildman–Crippen LogP) is 3.71. The number of rotatable bonds is 6. The van der Waals surface area contributed by atoms with Crippen LogP contribution in [0.1, 0.15) is 12.5 Å². The number of nitrogens with zero attached hydrogens (tertiary/aromatic N) is 2. The summed E-state index contributed by atoms with van der Waals surface area (Å²) in [5, 5.41) is 0. The summed E-state index contributed by atoms with van der Waals surface area (Å²) in [5.41, 5.74) is 2.09. The van der Waals surface area contributed by atoms with E-state index in [1.54, 1.807) is 0 Å². The molecule has 0 saturated heterocycles. The molecule has 2 aromatic carbocycles. The van der Waals surface area contributed by atoms with Crippen LogP contribution in [0.25, 0.3) is 5.69 Å². The van der Waals surface area contributed by atoms with Crippen LogP contribution in [-0.2, 0) is 11.2 Å². The van der Waals surface area contributed by atoms with Gasteiger partial charge in [0.05, 0.1) is 13.0 Å². The molecule has 0 fully saturated rings. The quantitative estimate of drug-likeness (QED) is 0.659. The van der Waals surface area contributed by atoms with Crippen LogP contribution < -0.4 is 9.47 Å². The molecule has 4 rings (SSSR count). The number of ether oxygens (including phenoxy) is 2. The Hall–Kier alpha value is -3.21. The van der Waals surface area contributed by atoms with Gasteiger partial charge in [0.2, 0.25) is 5.91 Å². The molecule has 0 saturated carbocycles. The van der Waals surface area contributed by atoms with Crippen molar-refractivity contribution in [2.45, 2.75) is 19.4 Å². The van der Waals surface area contributed by atoms with Crippen molar-refractivity contribution < 1.29 is 14.3 Å². The molecule has 1 aliphatic rings. The molecule has 2 heterocycles. The summed E-state index contributed by atoms with van der Waals surface area (Å²) in [5.74, 6) is 1.59. The Bertz CT molecular complexity index is 919. The highest BCUT2D eigenvalue weighted by Gasteiger charge is 2.24. The van der Waals surface area contributed by atoms with Gasteiger partial charge in [-0.3, -0.25) is 4.79 Å². The number of hydrogen-bond acceptors (Lipinski definition) is 3. The minimum atomic E-state index is -0.157. The standard InChI is InChI=1S/C23H24N2O3/c1-2-24(16-20-17-27-21-7-3-4-8-22(21)28-20)23(26)15-18-9-11-19(12-10-18)25-13-5-6-14-25/h3-14,20H,2,15-17H2,1H3. The van der Waals surface area contributed by atoms with E-state index in [4.69, 9.17) is 9.47 Å². The number of carbonyl (C=O) groups is 1. The van der Waals surface area contributed by atoms with Gasteiger partial charge in [0.25, 0.3) is 0 Å². The molecule has 5 nitrogen and oxygen atoms in total. The van der Waals surface area contributed by atoms with Gasteiger partial charge in [0, 0.05) is 24.6 Å². The van der Waals surface area contributed by atoms with Crippen LogP contribution in [0.2, 0.25) is 0 Å². The number of para-hydroxylation sites is 2. The van der Waals surface area contributed by atoms with Crippen molar-refractivity contribution in [3.8, 4) is 17.2 Å². The van der Waals surface area contributed by atoms with E-state index in [-0.39, 0.29) is 12.0 Å². The van der Waals surface area contributed by atoms with Crippen molar-refractivity contribution in [1.29, 1.82) is 0 Å². The molecule has 0 spiro atoms. The summed E-state index contributed by atoms with van der Waals surface area (Å²) in [6.45, 7) is 3.60. The fourth-order valence-electron chi connectivity index (χ4n) is 3.39. The first kappa shape index (κ1) is 18.2. The van der Waals surface area contributed by atoms with Crippen LogP contribution in [0.15, 0.2) is 73.1 Å². The average Bonchev–Trinajstić information content (AvgIpc) is 3.27. The van der Waals surface area contributed by atoms with Gasteiger partial charge in [-0.1, -0.05) is 24.3 Å². The molecule has 0 radical (unpaired) electrons. The summed E-state index contributed by atoms with van der Waals surface area (Å²) in [4.78, 5) is 14.6. The highest BCUT2D eigenvalue weighted by atomic mass is 16.6. The second-order valence-electron chi connectivity index (χ2n) is 6.86. The monoisotopic (exact) mass is 376 g/mol.